The molecule has 2 fully saturated rings. The summed E-state index contributed by atoms with van der Waals surface area (Å²) in [6.07, 6.45) is 7.02. The lowest BCUT2D eigenvalue weighted by Crippen LogP contribution is -2.34. The van der Waals surface area contributed by atoms with Crippen molar-refractivity contribution < 1.29 is 9.84 Å². The Morgan fingerprint density at radius 2 is 2.25 bits per heavy atom. The molecule has 0 aliphatic heterocycles. The van der Waals surface area contributed by atoms with Crippen LogP contribution in [-0.2, 0) is 5.60 Å². The van der Waals surface area contributed by atoms with Crippen LogP contribution in [0.1, 0.15) is 37.7 Å². The van der Waals surface area contributed by atoms with Crippen molar-refractivity contribution in [1.29, 1.82) is 0 Å². The fourth-order valence-electron chi connectivity index (χ4n) is 2.12. The zero-order valence-corrected chi connectivity index (χ0v) is 9.35. The first-order valence-corrected chi connectivity index (χ1v) is 6.09. The third-order valence-electron chi connectivity index (χ3n) is 3.61. The molecule has 0 bridgehead atoms. The van der Waals surface area contributed by atoms with Crippen molar-refractivity contribution in [2.45, 2.75) is 37.7 Å². The third kappa shape index (κ3) is 1.80. The number of rotatable bonds is 4. The molecule has 2 aliphatic carbocycles. The Morgan fingerprint density at radius 3 is 2.88 bits per heavy atom. The molecule has 16 heavy (non-hydrogen) atoms. The van der Waals surface area contributed by atoms with Crippen molar-refractivity contribution >= 4 is 0 Å². The van der Waals surface area contributed by atoms with Crippen LogP contribution < -0.4 is 4.74 Å². The zero-order valence-electron chi connectivity index (χ0n) is 9.35. The van der Waals surface area contributed by atoms with Gasteiger partial charge < -0.3 is 9.84 Å². The second-order valence-electron chi connectivity index (χ2n) is 5.00. The minimum Gasteiger partial charge on any atom is -0.477 e. The third-order valence-corrected chi connectivity index (χ3v) is 3.61. The fraction of sp³-hybridized carbons (Fsp3) is 0.615. The lowest BCUT2D eigenvalue weighted by Gasteiger charge is -2.37. The van der Waals surface area contributed by atoms with Crippen LogP contribution in [0.2, 0.25) is 0 Å². The Morgan fingerprint density at radius 1 is 1.44 bits per heavy atom. The molecule has 0 atom stereocenters. The van der Waals surface area contributed by atoms with Crippen molar-refractivity contribution in [3.63, 3.8) is 0 Å². The number of hydrogen-bond donors (Lipinski definition) is 1. The SMILES string of the molecule is OC1(c2cccnc2OCC2CC2)CCC1. The minimum atomic E-state index is -0.673. The molecule has 2 saturated carbocycles. The van der Waals surface area contributed by atoms with Gasteiger partial charge in [0.2, 0.25) is 5.88 Å². The maximum atomic E-state index is 10.3. The number of ether oxygens (including phenoxy) is 1. The molecular formula is C13H17NO2. The van der Waals surface area contributed by atoms with E-state index in [9.17, 15) is 5.11 Å². The topological polar surface area (TPSA) is 42.4 Å². The predicted octanol–water partition coefficient (Wildman–Crippen LogP) is 2.24. The molecule has 1 aromatic heterocycles. The summed E-state index contributed by atoms with van der Waals surface area (Å²) >= 11 is 0. The summed E-state index contributed by atoms with van der Waals surface area (Å²) < 4.78 is 5.71. The molecule has 0 aromatic carbocycles. The van der Waals surface area contributed by atoms with Gasteiger partial charge in [0.05, 0.1) is 12.2 Å². The normalized spacial score (nSPS) is 22.6. The first-order chi connectivity index (χ1) is 7.78. The highest BCUT2D eigenvalue weighted by Gasteiger charge is 2.39. The zero-order chi connectivity index (χ0) is 11.0. The molecule has 3 heteroatoms. The van der Waals surface area contributed by atoms with Crippen molar-refractivity contribution in [1.82, 2.24) is 4.98 Å². The van der Waals surface area contributed by atoms with Crippen LogP contribution in [0.25, 0.3) is 0 Å². The van der Waals surface area contributed by atoms with E-state index in [2.05, 4.69) is 4.98 Å². The van der Waals surface area contributed by atoms with Crippen LogP contribution in [-0.4, -0.2) is 16.7 Å². The summed E-state index contributed by atoms with van der Waals surface area (Å²) in [7, 11) is 0. The number of hydrogen-bond acceptors (Lipinski definition) is 3. The molecule has 0 spiro atoms. The first kappa shape index (κ1) is 10.1. The van der Waals surface area contributed by atoms with Crippen LogP contribution in [0.15, 0.2) is 18.3 Å². The van der Waals surface area contributed by atoms with Gasteiger partial charge in [0.15, 0.2) is 0 Å². The van der Waals surface area contributed by atoms with Crippen LogP contribution in [0, 0.1) is 5.92 Å². The summed E-state index contributed by atoms with van der Waals surface area (Å²) in [6, 6.07) is 3.81. The van der Waals surface area contributed by atoms with Gasteiger partial charge in [-0.05, 0) is 50.2 Å². The van der Waals surface area contributed by atoms with E-state index >= 15 is 0 Å². The Balaban J connectivity index is 1.79. The van der Waals surface area contributed by atoms with E-state index in [0.717, 1.165) is 31.4 Å². The summed E-state index contributed by atoms with van der Waals surface area (Å²) in [5.41, 5.74) is 0.203. The molecule has 0 amide bonds. The molecule has 3 nitrogen and oxygen atoms in total. The van der Waals surface area contributed by atoms with Crippen LogP contribution in [0.5, 0.6) is 5.88 Å². The molecular weight excluding hydrogens is 202 g/mol. The lowest BCUT2D eigenvalue weighted by molar-refractivity contribution is -0.0413. The molecule has 2 aliphatic rings. The average molecular weight is 219 g/mol. The van der Waals surface area contributed by atoms with Crippen molar-refractivity contribution in [2.75, 3.05) is 6.61 Å². The van der Waals surface area contributed by atoms with Crippen molar-refractivity contribution in [3.8, 4) is 5.88 Å². The molecule has 1 heterocycles. The highest BCUT2D eigenvalue weighted by molar-refractivity contribution is 5.33. The van der Waals surface area contributed by atoms with Gasteiger partial charge >= 0.3 is 0 Å². The van der Waals surface area contributed by atoms with E-state index in [1.165, 1.54) is 12.8 Å². The molecule has 0 radical (unpaired) electrons. The Bertz CT molecular complexity index is 383. The summed E-state index contributed by atoms with van der Waals surface area (Å²) in [6.45, 7) is 0.750. The maximum absolute atomic E-state index is 10.3. The minimum absolute atomic E-state index is 0.636. The van der Waals surface area contributed by atoms with Crippen molar-refractivity contribution in [2.24, 2.45) is 5.92 Å². The second-order valence-corrected chi connectivity index (χ2v) is 5.00. The van der Waals surface area contributed by atoms with E-state index in [0.29, 0.717) is 11.8 Å². The van der Waals surface area contributed by atoms with Gasteiger partial charge in [0.1, 0.15) is 0 Å². The monoisotopic (exact) mass is 219 g/mol. The van der Waals surface area contributed by atoms with Gasteiger partial charge in [0, 0.05) is 11.8 Å². The highest BCUT2D eigenvalue weighted by Crippen LogP contribution is 2.44. The van der Waals surface area contributed by atoms with Crippen LogP contribution >= 0.6 is 0 Å². The Hall–Kier alpha value is -1.09. The van der Waals surface area contributed by atoms with E-state index in [1.807, 2.05) is 12.1 Å². The number of nitrogens with zero attached hydrogens (tertiary/aromatic N) is 1. The number of pyridine rings is 1. The predicted molar refractivity (Wildman–Crippen MR) is 60.2 cm³/mol. The van der Waals surface area contributed by atoms with Gasteiger partial charge in [-0.25, -0.2) is 4.98 Å². The maximum Gasteiger partial charge on any atom is 0.219 e. The Labute approximate surface area is 95.5 Å². The standard InChI is InChI=1S/C13H17NO2/c15-13(6-2-7-13)11-3-1-8-14-12(11)16-9-10-4-5-10/h1,3,8,10,15H,2,4-7,9H2. The molecule has 1 aromatic rings. The largest absolute Gasteiger partial charge is 0.477 e. The fourth-order valence-corrected chi connectivity index (χ4v) is 2.12. The van der Waals surface area contributed by atoms with E-state index in [-0.39, 0.29) is 0 Å². The molecule has 1 N–H and O–H groups in total. The van der Waals surface area contributed by atoms with Crippen molar-refractivity contribution in [3.05, 3.63) is 23.9 Å². The van der Waals surface area contributed by atoms with Gasteiger partial charge in [-0.15, -0.1) is 0 Å². The lowest BCUT2D eigenvalue weighted by atomic mass is 9.75. The van der Waals surface area contributed by atoms with E-state index in [4.69, 9.17) is 4.74 Å². The van der Waals surface area contributed by atoms with Gasteiger partial charge in [-0.3, -0.25) is 0 Å². The van der Waals surface area contributed by atoms with Crippen LogP contribution in [0.4, 0.5) is 0 Å². The van der Waals surface area contributed by atoms with E-state index in [1.54, 1.807) is 6.20 Å². The van der Waals surface area contributed by atoms with Gasteiger partial charge in [-0.2, -0.15) is 0 Å². The average Bonchev–Trinajstić information content (AvgIpc) is 3.07. The quantitative estimate of drug-likeness (QED) is 0.844. The Kier molecular flexibility index (Phi) is 2.36. The van der Waals surface area contributed by atoms with Crippen LogP contribution in [0.3, 0.4) is 0 Å². The van der Waals surface area contributed by atoms with Gasteiger partial charge in [0.25, 0.3) is 0 Å². The van der Waals surface area contributed by atoms with Gasteiger partial charge in [-0.1, -0.05) is 0 Å². The first-order valence-electron chi connectivity index (χ1n) is 6.09. The number of aliphatic hydroxyl groups is 1. The molecule has 0 saturated heterocycles. The summed E-state index contributed by atoms with van der Waals surface area (Å²) in [5.74, 6) is 1.35. The van der Waals surface area contributed by atoms with E-state index < -0.39 is 5.60 Å². The molecule has 86 valence electrons. The molecule has 0 unspecified atom stereocenters. The summed E-state index contributed by atoms with van der Waals surface area (Å²) in [5, 5.41) is 10.3. The second kappa shape index (κ2) is 3.74. The molecule has 3 rings (SSSR count). The number of aromatic nitrogens is 1. The highest BCUT2D eigenvalue weighted by atomic mass is 16.5. The smallest absolute Gasteiger partial charge is 0.219 e. The summed E-state index contributed by atoms with van der Waals surface area (Å²) in [4.78, 5) is 4.24.